The molecule has 2 fully saturated rings. The molecule has 2 saturated carbocycles. The molecule has 0 radical (unpaired) electrons. The van der Waals surface area contributed by atoms with Gasteiger partial charge in [-0.05, 0) is 66.9 Å². The van der Waals surface area contributed by atoms with Crippen LogP contribution < -0.4 is 0 Å². The van der Waals surface area contributed by atoms with Crippen molar-refractivity contribution in [2.75, 3.05) is 0 Å². The third-order valence-electron chi connectivity index (χ3n) is 5.14. The summed E-state index contributed by atoms with van der Waals surface area (Å²) >= 11 is 0. The lowest BCUT2D eigenvalue weighted by Gasteiger charge is -2.39. The maximum atomic E-state index is 2.64. The molecule has 0 N–H and O–H groups in total. The van der Waals surface area contributed by atoms with E-state index in [-0.39, 0.29) is 0 Å². The molecule has 1 aromatic carbocycles. The summed E-state index contributed by atoms with van der Waals surface area (Å²) < 4.78 is 0. The zero-order valence-electron chi connectivity index (χ0n) is 10.3. The molecule has 0 amide bonds. The van der Waals surface area contributed by atoms with E-state index < -0.39 is 0 Å². The monoisotopic (exact) mass is 224 g/mol. The van der Waals surface area contributed by atoms with Gasteiger partial charge in [0.25, 0.3) is 0 Å². The lowest BCUT2D eigenvalue weighted by molar-refractivity contribution is 0.145. The molecule has 4 atom stereocenters. The third-order valence-corrected chi connectivity index (χ3v) is 5.14. The minimum absolute atomic E-state index is 0.869. The predicted molar refractivity (Wildman–Crippen MR) is 71.5 cm³/mol. The SMILES string of the molecule is C1=C(c2ccccc2)C2C[C@H]3CC1C[C@@H](C2)C3. The quantitative estimate of drug-likeness (QED) is 0.657. The second-order valence-corrected chi connectivity index (χ2v) is 6.36. The zero-order valence-corrected chi connectivity index (χ0v) is 10.3. The van der Waals surface area contributed by atoms with Crippen molar-refractivity contribution in [2.24, 2.45) is 23.7 Å². The van der Waals surface area contributed by atoms with Crippen molar-refractivity contribution in [1.82, 2.24) is 0 Å². The van der Waals surface area contributed by atoms with E-state index in [1.165, 1.54) is 37.7 Å². The Morgan fingerprint density at radius 2 is 1.47 bits per heavy atom. The molecule has 88 valence electrons. The molecule has 0 spiro atoms. The molecule has 17 heavy (non-hydrogen) atoms. The van der Waals surface area contributed by atoms with Gasteiger partial charge in [-0.1, -0.05) is 36.4 Å². The first-order chi connectivity index (χ1) is 8.38. The van der Waals surface area contributed by atoms with E-state index in [2.05, 4.69) is 36.4 Å². The lowest BCUT2D eigenvalue weighted by Crippen LogP contribution is -2.27. The standard InChI is InChI=1S/C17H20/c1-2-4-15(5-3-1)17-11-14-7-12-6-13(8-14)10-16(17)9-12/h1-5,11-14,16H,6-10H2/t12-,13+,14?,16?. The van der Waals surface area contributed by atoms with Gasteiger partial charge in [-0.25, -0.2) is 0 Å². The maximum absolute atomic E-state index is 2.64. The Bertz CT molecular complexity index is 428. The van der Waals surface area contributed by atoms with Gasteiger partial charge in [-0.2, -0.15) is 0 Å². The van der Waals surface area contributed by atoms with Crippen molar-refractivity contribution >= 4 is 5.57 Å². The first-order valence-corrected chi connectivity index (χ1v) is 7.15. The number of benzene rings is 1. The Hall–Kier alpha value is -1.04. The molecule has 2 unspecified atom stereocenters. The van der Waals surface area contributed by atoms with Crippen LogP contribution in [-0.2, 0) is 0 Å². The number of hydrogen-bond acceptors (Lipinski definition) is 0. The van der Waals surface area contributed by atoms with Gasteiger partial charge in [-0.15, -0.1) is 0 Å². The summed E-state index contributed by atoms with van der Waals surface area (Å²) in [5.41, 5.74) is 3.17. The van der Waals surface area contributed by atoms with Gasteiger partial charge >= 0.3 is 0 Å². The first kappa shape index (κ1) is 9.94. The average molecular weight is 224 g/mol. The summed E-state index contributed by atoms with van der Waals surface area (Å²) in [6.07, 6.45) is 10.1. The summed E-state index contributed by atoms with van der Waals surface area (Å²) in [7, 11) is 0. The average Bonchev–Trinajstić information content (AvgIpc) is 2.55. The normalized spacial score (nSPS) is 38.9. The van der Waals surface area contributed by atoms with Crippen LogP contribution in [0.5, 0.6) is 0 Å². The van der Waals surface area contributed by atoms with E-state index in [9.17, 15) is 0 Å². The molecule has 4 aliphatic carbocycles. The van der Waals surface area contributed by atoms with Crippen LogP contribution in [0.25, 0.3) is 5.57 Å². The van der Waals surface area contributed by atoms with Crippen LogP contribution in [0.15, 0.2) is 36.4 Å². The zero-order chi connectivity index (χ0) is 11.2. The fourth-order valence-electron chi connectivity index (χ4n) is 4.64. The fraction of sp³-hybridized carbons (Fsp3) is 0.529. The molecular weight excluding hydrogens is 204 g/mol. The second-order valence-electron chi connectivity index (χ2n) is 6.36. The van der Waals surface area contributed by atoms with Crippen molar-refractivity contribution in [3.05, 3.63) is 42.0 Å². The van der Waals surface area contributed by atoms with E-state index in [0.717, 1.165) is 23.7 Å². The largest absolute Gasteiger partial charge is 0.0773 e. The van der Waals surface area contributed by atoms with Crippen LogP contribution >= 0.6 is 0 Å². The van der Waals surface area contributed by atoms with E-state index in [1.807, 2.05) is 0 Å². The number of allylic oxidation sites excluding steroid dienone is 2. The highest BCUT2D eigenvalue weighted by Gasteiger charge is 2.39. The Morgan fingerprint density at radius 1 is 0.765 bits per heavy atom. The Balaban J connectivity index is 1.76. The summed E-state index contributed by atoms with van der Waals surface area (Å²) in [5.74, 6) is 3.83. The smallest absolute Gasteiger partial charge is 0.0154 e. The van der Waals surface area contributed by atoms with Crippen LogP contribution in [0.2, 0.25) is 0 Å². The Labute approximate surface area is 104 Å². The van der Waals surface area contributed by atoms with Crippen molar-refractivity contribution in [1.29, 1.82) is 0 Å². The van der Waals surface area contributed by atoms with Gasteiger partial charge in [-0.3, -0.25) is 0 Å². The molecule has 1 aromatic rings. The molecule has 5 rings (SSSR count). The molecule has 4 aliphatic rings. The van der Waals surface area contributed by atoms with Crippen molar-refractivity contribution in [2.45, 2.75) is 32.1 Å². The molecule has 0 aromatic heterocycles. The fourth-order valence-corrected chi connectivity index (χ4v) is 4.64. The van der Waals surface area contributed by atoms with E-state index in [1.54, 1.807) is 5.57 Å². The number of hydrogen-bond donors (Lipinski definition) is 0. The summed E-state index contributed by atoms with van der Waals surface area (Å²) in [6, 6.07) is 11.1. The maximum Gasteiger partial charge on any atom is -0.0154 e. The van der Waals surface area contributed by atoms with Gasteiger partial charge < -0.3 is 0 Å². The van der Waals surface area contributed by atoms with Gasteiger partial charge in [0.05, 0.1) is 0 Å². The summed E-state index contributed by atoms with van der Waals surface area (Å²) in [6.45, 7) is 0. The second kappa shape index (κ2) is 3.73. The van der Waals surface area contributed by atoms with Crippen LogP contribution in [0.4, 0.5) is 0 Å². The molecule has 4 bridgehead atoms. The topological polar surface area (TPSA) is 0 Å². The molecule has 0 heteroatoms. The molecular formula is C17H20. The minimum Gasteiger partial charge on any atom is -0.0773 e. The molecule has 0 aliphatic heterocycles. The van der Waals surface area contributed by atoms with Gasteiger partial charge in [0.2, 0.25) is 0 Å². The van der Waals surface area contributed by atoms with Gasteiger partial charge in [0.1, 0.15) is 0 Å². The Kier molecular flexibility index (Phi) is 2.18. The Morgan fingerprint density at radius 3 is 2.18 bits per heavy atom. The van der Waals surface area contributed by atoms with Crippen LogP contribution in [0.3, 0.4) is 0 Å². The van der Waals surface area contributed by atoms with Crippen LogP contribution in [0, 0.1) is 23.7 Å². The van der Waals surface area contributed by atoms with Crippen molar-refractivity contribution < 1.29 is 0 Å². The highest BCUT2D eigenvalue weighted by atomic mass is 14.4. The predicted octanol–water partition coefficient (Wildman–Crippen LogP) is 4.53. The third kappa shape index (κ3) is 1.66. The highest BCUT2D eigenvalue weighted by molar-refractivity contribution is 5.68. The van der Waals surface area contributed by atoms with E-state index in [4.69, 9.17) is 0 Å². The van der Waals surface area contributed by atoms with Crippen LogP contribution in [0.1, 0.15) is 37.7 Å². The van der Waals surface area contributed by atoms with Crippen molar-refractivity contribution in [3.63, 3.8) is 0 Å². The van der Waals surface area contributed by atoms with E-state index in [0.29, 0.717) is 0 Å². The molecule has 0 nitrogen and oxygen atoms in total. The molecule has 0 saturated heterocycles. The van der Waals surface area contributed by atoms with Crippen molar-refractivity contribution in [3.8, 4) is 0 Å². The minimum atomic E-state index is 0.869. The first-order valence-electron chi connectivity index (χ1n) is 7.15. The highest BCUT2D eigenvalue weighted by Crippen LogP contribution is 2.52. The summed E-state index contributed by atoms with van der Waals surface area (Å²) in [5, 5.41) is 0. The van der Waals surface area contributed by atoms with E-state index >= 15 is 0 Å². The number of rotatable bonds is 1. The lowest BCUT2D eigenvalue weighted by atomic mass is 9.66. The molecule has 0 heterocycles. The summed E-state index contributed by atoms with van der Waals surface area (Å²) in [4.78, 5) is 0. The van der Waals surface area contributed by atoms with Gasteiger partial charge in [0, 0.05) is 0 Å². The van der Waals surface area contributed by atoms with Gasteiger partial charge in [0.15, 0.2) is 0 Å². The van der Waals surface area contributed by atoms with Crippen LogP contribution in [-0.4, -0.2) is 0 Å².